The van der Waals surface area contributed by atoms with E-state index >= 15 is 0 Å². The molecule has 1 aliphatic heterocycles. The van der Waals surface area contributed by atoms with Gasteiger partial charge in [0, 0.05) is 31.6 Å². The SMILES string of the molecule is CC1(C)OC(=O)C(=CNc2ccccc2C(=O)Nc2nccs2)C(=O)O1. The molecule has 0 aliphatic carbocycles. The van der Waals surface area contributed by atoms with Crippen molar-refractivity contribution in [2.45, 2.75) is 19.6 Å². The smallest absolute Gasteiger partial charge is 0.350 e. The lowest BCUT2D eigenvalue weighted by atomic mass is 10.1. The minimum atomic E-state index is -1.31. The van der Waals surface area contributed by atoms with Crippen LogP contribution in [0.2, 0.25) is 0 Å². The maximum absolute atomic E-state index is 12.4. The van der Waals surface area contributed by atoms with Crippen LogP contribution < -0.4 is 10.6 Å². The Morgan fingerprint density at radius 3 is 2.54 bits per heavy atom. The summed E-state index contributed by atoms with van der Waals surface area (Å²) in [5.41, 5.74) is 0.427. The van der Waals surface area contributed by atoms with Gasteiger partial charge >= 0.3 is 11.9 Å². The summed E-state index contributed by atoms with van der Waals surface area (Å²) < 4.78 is 10.0. The minimum Gasteiger partial charge on any atom is -0.419 e. The van der Waals surface area contributed by atoms with Crippen LogP contribution in [0.25, 0.3) is 0 Å². The van der Waals surface area contributed by atoms with Gasteiger partial charge in [-0.3, -0.25) is 10.1 Å². The molecule has 1 aromatic carbocycles. The Bertz CT molecular complexity index is 868. The molecule has 0 unspecified atom stereocenters. The molecular weight excluding hydrogens is 358 g/mol. The van der Waals surface area contributed by atoms with Crippen LogP contribution in [0.4, 0.5) is 10.8 Å². The van der Waals surface area contributed by atoms with Crippen LogP contribution in [0.5, 0.6) is 0 Å². The highest BCUT2D eigenvalue weighted by Gasteiger charge is 2.39. The zero-order chi connectivity index (χ0) is 18.7. The number of carbonyl (C=O) groups excluding carboxylic acids is 3. The number of nitrogens with one attached hydrogen (secondary N) is 2. The van der Waals surface area contributed by atoms with Crippen molar-refractivity contribution < 1.29 is 23.9 Å². The van der Waals surface area contributed by atoms with Crippen molar-refractivity contribution >= 4 is 40.0 Å². The molecule has 8 nitrogen and oxygen atoms in total. The fraction of sp³-hybridized carbons (Fsp3) is 0.176. The average Bonchev–Trinajstić information content (AvgIpc) is 3.06. The number of nitrogens with zero attached hydrogens (tertiary/aromatic N) is 1. The minimum absolute atomic E-state index is 0.292. The monoisotopic (exact) mass is 373 g/mol. The number of amides is 1. The van der Waals surface area contributed by atoms with Crippen molar-refractivity contribution in [1.82, 2.24) is 4.98 Å². The molecule has 9 heteroatoms. The number of rotatable bonds is 4. The number of thiazole rings is 1. The van der Waals surface area contributed by atoms with Gasteiger partial charge in [-0.05, 0) is 12.1 Å². The predicted molar refractivity (Wildman–Crippen MR) is 94.5 cm³/mol. The summed E-state index contributed by atoms with van der Waals surface area (Å²) in [6.45, 7) is 2.93. The van der Waals surface area contributed by atoms with E-state index in [2.05, 4.69) is 15.6 Å². The zero-order valence-electron chi connectivity index (χ0n) is 13.9. The summed E-state index contributed by atoms with van der Waals surface area (Å²) in [5, 5.41) is 7.66. The Labute approximate surface area is 152 Å². The number of hydrogen-bond donors (Lipinski definition) is 2. The predicted octanol–water partition coefficient (Wildman–Crippen LogP) is 2.53. The fourth-order valence-corrected chi connectivity index (χ4v) is 2.71. The van der Waals surface area contributed by atoms with Gasteiger partial charge in [-0.25, -0.2) is 14.6 Å². The Hall–Kier alpha value is -3.20. The molecule has 0 spiro atoms. The lowest BCUT2D eigenvalue weighted by Crippen LogP contribution is -2.42. The highest BCUT2D eigenvalue weighted by atomic mass is 32.1. The van der Waals surface area contributed by atoms with Crippen LogP contribution >= 0.6 is 11.3 Å². The largest absolute Gasteiger partial charge is 0.419 e. The van der Waals surface area contributed by atoms with Crippen molar-refractivity contribution in [1.29, 1.82) is 0 Å². The molecule has 2 N–H and O–H groups in total. The second-order valence-corrected chi connectivity index (χ2v) is 6.61. The molecular formula is C17H15N3O5S. The summed E-state index contributed by atoms with van der Waals surface area (Å²) in [7, 11) is 0. The highest BCUT2D eigenvalue weighted by molar-refractivity contribution is 7.13. The van der Waals surface area contributed by atoms with Gasteiger partial charge in [-0.1, -0.05) is 12.1 Å². The van der Waals surface area contributed by atoms with Crippen LogP contribution in [0.3, 0.4) is 0 Å². The molecule has 0 radical (unpaired) electrons. The van der Waals surface area contributed by atoms with E-state index in [0.717, 1.165) is 6.20 Å². The number of anilines is 2. The molecule has 2 aromatic rings. The fourth-order valence-electron chi connectivity index (χ4n) is 2.18. The van der Waals surface area contributed by atoms with Gasteiger partial charge in [0.25, 0.3) is 11.7 Å². The molecule has 1 aliphatic rings. The molecule has 26 heavy (non-hydrogen) atoms. The normalized spacial score (nSPS) is 15.7. The molecule has 2 heterocycles. The molecule has 3 rings (SSSR count). The third-order valence-electron chi connectivity index (χ3n) is 3.31. The van der Waals surface area contributed by atoms with E-state index < -0.39 is 17.7 Å². The molecule has 1 fully saturated rings. The second kappa shape index (κ2) is 6.96. The van der Waals surface area contributed by atoms with Gasteiger partial charge in [0.05, 0.1) is 11.3 Å². The Kier molecular flexibility index (Phi) is 4.72. The maximum Gasteiger partial charge on any atom is 0.350 e. The highest BCUT2D eigenvalue weighted by Crippen LogP contribution is 2.24. The van der Waals surface area contributed by atoms with Crippen LogP contribution in [-0.4, -0.2) is 28.6 Å². The van der Waals surface area contributed by atoms with E-state index in [1.807, 2.05) is 0 Å². The Morgan fingerprint density at radius 2 is 1.88 bits per heavy atom. The summed E-state index contributed by atoms with van der Waals surface area (Å²) in [5.74, 6) is -3.29. The Balaban J connectivity index is 1.79. The molecule has 0 atom stereocenters. The second-order valence-electron chi connectivity index (χ2n) is 5.72. The molecule has 0 saturated carbocycles. The molecule has 1 aromatic heterocycles. The summed E-state index contributed by atoms with van der Waals surface area (Å²) in [4.78, 5) is 40.3. The number of aromatic nitrogens is 1. The number of esters is 2. The van der Waals surface area contributed by atoms with E-state index in [9.17, 15) is 14.4 Å². The van der Waals surface area contributed by atoms with Gasteiger partial charge < -0.3 is 14.8 Å². The van der Waals surface area contributed by atoms with Gasteiger partial charge in [-0.2, -0.15) is 0 Å². The van der Waals surface area contributed by atoms with Gasteiger partial charge in [0.1, 0.15) is 0 Å². The Morgan fingerprint density at radius 1 is 1.19 bits per heavy atom. The molecule has 1 amide bonds. The first-order valence-electron chi connectivity index (χ1n) is 7.59. The number of benzene rings is 1. The quantitative estimate of drug-likeness (QED) is 0.482. The van der Waals surface area contributed by atoms with Crippen molar-refractivity contribution in [3.8, 4) is 0 Å². The first-order valence-corrected chi connectivity index (χ1v) is 8.47. The third-order valence-corrected chi connectivity index (χ3v) is 4.00. The summed E-state index contributed by atoms with van der Waals surface area (Å²) in [6, 6.07) is 6.64. The summed E-state index contributed by atoms with van der Waals surface area (Å²) >= 11 is 1.29. The van der Waals surface area contributed by atoms with Crippen molar-refractivity contribution in [3.05, 3.63) is 53.2 Å². The first-order chi connectivity index (χ1) is 12.4. The third kappa shape index (κ3) is 3.89. The number of para-hydroxylation sites is 1. The lowest BCUT2D eigenvalue weighted by molar-refractivity contribution is -0.222. The van der Waals surface area contributed by atoms with E-state index in [-0.39, 0.29) is 11.5 Å². The topological polar surface area (TPSA) is 107 Å². The number of hydrogen-bond acceptors (Lipinski definition) is 8. The van der Waals surface area contributed by atoms with Gasteiger partial charge in [-0.15, -0.1) is 11.3 Å². The van der Waals surface area contributed by atoms with Crippen molar-refractivity contribution in [2.24, 2.45) is 0 Å². The number of carbonyl (C=O) groups is 3. The average molecular weight is 373 g/mol. The van der Waals surface area contributed by atoms with Crippen molar-refractivity contribution in [3.63, 3.8) is 0 Å². The first kappa shape index (κ1) is 17.6. The van der Waals surface area contributed by atoms with E-state index in [0.29, 0.717) is 16.4 Å². The van der Waals surface area contributed by atoms with Crippen LogP contribution in [-0.2, 0) is 19.1 Å². The van der Waals surface area contributed by atoms with E-state index in [1.54, 1.807) is 35.8 Å². The molecule has 1 saturated heterocycles. The van der Waals surface area contributed by atoms with Gasteiger partial charge in [0.15, 0.2) is 10.7 Å². The van der Waals surface area contributed by atoms with Crippen LogP contribution in [0, 0.1) is 0 Å². The molecule has 134 valence electrons. The van der Waals surface area contributed by atoms with E-state index in [1.165, 1.54) is 25.2 Å². The zero-order valence-corrected chi connectivity index (χ0v) is 14.8. The van der Waals surface area contributed by atoms with Crippen molar-refractivity contribution in [2.75, 3.05) is 10.6 Å². The molecule has 0 bridgehead atoms. The summed E-state index contributed by atoms with van der Waals surface area (Å²) in [6.07, 6.45) is 2.74. The van der Waals surface area contributed by atoms with Crippen LogP contribution in [0.15, 0.2) is 47.6 Å². The van der Waals surface area contributed by atoms with Crippen LogP contribution in [0.1, 0.15) is 24.2 Å². The van der Waals surface area contributed by atoms with Gasteiger partial charge in [0.2, 0.25) is 0 Å². The van der Waals surface area contributed by atoms with E-state index in [4.69, 9.17) is 9.47 Å². The lowest BCUT2D eigenvalue weighted by Gasteiger charge is -2.29. The standard InChI is InChI=1S/C17H15N3O5S/c1-17(2)24-14(22)11(15(23)25-17)9-19-12-6-4-3-5-10(12)13(21)20-16-18-7-8-26-16/h3-9,19H,1-2H3,(H,18,20,21). The number of cyclic esters (lactones) is 2. The maximum atomic E-state index is 12.4. The number of ether oxygens (including phenoxy) is 2.